The average Bonchev–Trinajstić information content (AvgIpc) is 2.65. The summed E-state index contributed by atoms with van der Waals surface area (Å²) in [5.41, 5.74) is 0. The first-order valence-electron chi connectivity index (χ1n) is 8.76. The minimum atomic E-state index is -3.85. The van der Waals surface area contributed by atoms with Crippen LogP contribution in [0.4, 0.5) is 0 Å². The van der Waals surface area contributed by atoms with Crippen LogP contribution in [0.25, 0.3) is 10.8 Å². The number of hydrogen-bond acceptors (Lipinski definition) is 5. The van der Waals surface area contributed by atoms with E-state index in [1.165, 1.54) is 18.3 Å². The monoisotopic (exact) mass is 430 g/mol. The van der Waals surface area contributed by atoms with E-state index in [9.17, 15) is 13.2 Å². The summed E-state index contributed by atoms with van der Waals surface area (Å²) in [4.78, 5) is 16.2. The minimum absolute atomic E-state index is 0.0501. The third kappa shape index (κ3) is 4.37. The quantitative estimate of drug-likeness (QED) is 0.573. The van der Waals surface area contributed by atoms with Crippen molar-refractivity contribution in [3.8, 4) is 0 Å². The van der Waals surface area contributed by atoms with Gasteiger partial charge in [0, 0.05) is 23.0 Å². The Balaban J connectivity index is 1.90. The minimum Gasteiger partial charge on any atom is -0.466 e. The summed E-state index contributed by atoms with van der Waals surface area (Å²) in [6, 6.07) is 4.02. The van der Waals surface area contributed by atoms with Crippen molar-refractivity contribution in [1.82, 2.24) is 9.71 Å². The number of carbonyl (C=O) groups is 1. The number of benzene rings is 1. The zero-order chi connectivity index (χ0) is 19.6. The molecule has 146 valence electrons. The molecule has 3 rings (SSSR count). The smallest absolute Gasteiger partial charge is 0.310 e. The van der Waals surface area contributed by atoms with Gasteiger partial charge in [0.1, 0.15) is 5.15 Å². The highest BCUT2D eigenvalue weighted by Crippen LogP contribution is 2.31. The van der Waals surface area contributed by atoms with E-state index in [1.54, 1.807) is 13.0 Å². The van der Waals surface area contributed by atoms with Gasteiger partial charge >= 0.3 is 5.97 Å². The number of nitrogens with zero attached hydrogens (tertiary/aromatic N) is 1. The molecule has 1 aromatic carbocycles. The van der Waals surface area contributed by atoms with Gasteiger partial charge in [-0.25, -0.2) is 18.1 Å². The van der Waals surface area contributed by atoms with Crippen LogP contribution in [-0.2, 0) is 19.6 Å². The van der Waals surface area contributed by atoms with Crippen LogP contribution in [0, 0.1) is 5.92 Å². The maximum atomic E-state index is 12.9. The van der Waals surface area contributed by atoms with E-state index in [1.807, 2.05) is 0 Å². The van der Waals surface area contributed by atoms with E-state index < -0.39 is 22.0 Å². The number of pyridine rings is 1. The van der Waals surface area contributed by atoms with Crippen LogP contribution in [0.5, 0.6) is 0 Å². The lowest BCUT2D eigenvalue weighted by Gasteiger charge is -2.30. The van der Waals surface area contributed by atoms with Crippen molar-refractivity contribution in [3.05, 3.63) is 34.6 Å². The van der Waals surface area contributed by atoms with Crippen LogP contribution in [0.15, 0.2) is 29.3 Å². The zero-order valence-corrected chi connectivity index (χ0v) is 17.1. The molecule has 1 fully saturated rings. The molecule has 1 N–H and O–H groups in total. The molecule has 9 heteroatoms. The first-order valence-corrected chi connectivity index (χ1v) is 11.0. The largest absolute Gasteiger partial charge is 0.466 e. The lowest BCUT2D eigenvalue weighted by molar-refractivity contribution is -0.149. The predicted octanol–water partition coefficient (Wildman–Crippen LogP) is 3.94. The van der Waals surface area contributed by atoms with E-state index in [2.05, 4.69) is 9.71 Å². The lowest BCUT2D eigenvalue weighted by atomic mass is 9.85. The average molecular weight is 431 g/mol. The fourth-order valence-corrected chi connectivity index (χ4v) is 5.15. The van der Waals surface area contributed by atoms with E-state index in [0.717, 1.165) is 12.8 Å². The summed E-state index contributed by atoms with van der Waals surface area (Å²) in [7, 11) is -3.85. The van der Waals surface area contributed by atoms with Crippen molar-refractivity contribution < 1.29 is 17.9 Å². The number of halogens is 2. The highest BCUT2D eigenvalue weighted by atomic mass is 35.5. The number of aromatic nitrogens is 1. The Labute approximate surface area is 168 Å². The second-order valence-corrected chi connectivity index (χ2v) is 8.95. The van der Waals surface area contributed by atoms with E-state index >= 15 is 0 Å². The van der Waals surface area contributed by atoms with Crippen molar-refractivity contribution in [2.24, 2.45) is 5.92 Å². The number of carbonyl (C=O) groups excluding carboxylic acids is 1. The summed E-state index contributed by atoms with van der Waals surface area (Å²) >= 11 is 12.2. The summed E-state index contributed by atoms with van der Waals surface area (Å²) in [5.74, 6) is -0.837. The molecule has 0 aliphatic heterocycles. The molecular weight excluding hydrogens is 411 g/mol. The molecule has 0 unspecified atom stereocenters. The second-order valence-electron chi connectivity index (χ2n) is 6.48. The molecule has 1 aliphatic rings. The maximum absolute atomic E-state index is 12.9. The Hall–Kier alpha value is -1.41. The number of hydrogen-bond donors (Lipinski definition) is 1. The third-order valence-electron chi connectivity index (χ3n) is 4.73. The Morgan fingerprint density at radius 3 is 2.74 bits per heavy atom. The molecular formula is C18H20Cl2N2O4S. The number of ether oxygens (including phenoxy) is 1. The Morgan fingerprint density at radius 1 is 1.26 bits per heavy atom. The van der Waals surface area contributed by atoms with Crippen molar-refractivity contribution in [2.45, 2.75) is 43.5 Å². The Morgan fingerprint density at radius 2 is 2.00 bits per heavy atom. The first-order chi connectivity index (χ1) is 12.8. The highest BCUT2D eigenvalue weighted by Gasteiger charge is 2.35. The lowest BCUT2D eigenvalue weighted by Crippen LogP contribution is -2.45. The molecule has 0 amide bonds. The van der Waals surface area contributed by atoms with Gasteiger partial charge in [-0.3, -0.25) is 4.79 Å². The van der Waals surface area contributed by atoms with E-state index in [4.69, 9.17) is 27.9 Å². The van der Waals surface area contributed by atoms with Crippen molar-refractivity contribution in [1.29, 1.82) is 0 Å². The molecule has 6 nitrogen and oxygen atoms in total. The SMILES string of the molecule is CCOC(=O)[C@@H]1CCCC[C@@H]1NS(=O)(=O)c1ccc2c(Cl)cnc(Cl)c2c1. The molecule has 0 saturated heterocycles. The molecule has 0 bridgehead atoms. The number of nitrogens with one attached hydrogen (secondary N) is 1. The summed E-state index contributed by atoms with van der Waals surface area (Å²) in [6.45, 7) is 2.00. The predicted molar refractivity (Wildman–Crippen MR) is 104 cm³/mol. The zero-order valence-electron chi connectivity index (χ0n) is 14.7. The molecule has 0 radical (unpaired) electrons. The van der Waals surface area contributed by atoms with Crippen LogP contribution in [0.1, 0.15) is 32.6 Å². The van der Waals surface area contributed by atoms with Gasteiger partial charge in [-0.05, 0) is 31.9 Å². The van der Waals surface area contributed by atoms with Crippen LogP contribution in [-0.4, -0.2) is 32.0 Å². The topological polar surface area (TPSA) is 85.4 Å². The van der Waals surface area contributed by atoms with E-state index in [-0.39, 0.29) is 22.6 Å². The highest BCUT2D eigenvalue weighted by molar-refractivity contribution is 7.89. The molecule has 27 heavy (non-hydrogen) atoms. The molecule has 0 spiro atoms. The number of rotatable bonds is 5. The second kappa shape index (κ2) is 8.31. The van der Waals surface area contributed by atoms with Gasteiger partial charge in [0.2, 0.25) is 10.0 Å². The fraction of sp³-hybridized carbons (Fsp3) is 0.444. The van der Waals surface area contributed by atoms with Gasteiger partial charge in [-0.2, -0.15) is 0 Å². The Kier molecular flexibility index (Phi) is 6.25. The van der Waals surface area contributed by atoms with Gasteiger partial charge in [0.05, 0.1) is 22.4 Å². The summed E-state index contributed by atoms with van der Waals surface area (Å²) in [6.07, 6.45) is 4.34. The Bertz CT molecular complexity index is 965. The van der Waals surface area contributed by atoms with Crippen molar-refractivity contribution in [3.63, 3.8) is 0 Å². The first kappa shape index (κ1) is 20.3. The molecule has 2 aromatic rings. The van der Waals surface area contributed by atoms with E-state index in [0.29, 0.717) is 28.6 Å². The number of esters is 1. The van der Waals surface area contributed by atoms with Crippen molar-refractivity contribution in [2.75, 3.05) is 6.61 Å². The maximum Gasteiger partial charge on any atom is 0.310 e. The summed E-state index contributed by atoms with van der Waals surface area (Å²) < 4.78 is 33.6. The van der Waals surface area contributed by atoms with Gasteiger partial charge in [0.15, 0.2) is 0 Å². The van der Waals surface area contributed by atoms with Crippen LogP contribution in [0.3, 0.4) is 0 Å². The number of fused-ring (bicyclic) bond motifs is 1. The van der Waals surface area contributed by atoms with Gasteiger partial charge in [0.25, 0.3) is 0 Å². The van der Waals surface area contributed by atoms with Crippen LogP contribution >= 0.6 is 23.2 Å². The molecule has 1 aliphatic carbocycles. The molecule has 1 aromatic heterocycles. The van der Waals surface area contributed by atoms with Crippen LogP contribution in [0.2, 0.25) is 10.2 Å². The van der Waals surface area contributed by atoms with Gasteiger partial charge < -0.3 is 4.74 Å². The van der Waals surface area contributed by atoms with Crippen LogP contribution < -0.4 is 4.72 Å². The third-order valence-corrected chi connectivity index (χ3v) is 6.82. The molecule has 1 heterocycles. The van der Waals surface area contributed by atoms with Gasteiger partial charge in [-0.15, -0.1) is 0 Å². The molecule has 2 atom stereocenters. The van der Waals surface area contributed by atoms with Crippen molar-refractivity contribution >= 4 is 50.0 Å². The van der Waals surface area contributed by atoms with Gasteiger partial charge in [-0.1, -0.05) is 42.1 Å². The number of sulfonamides is 1. The molecule has 1 saturated carbocycles. The fourth-order valence-electron chi connectivity index (χ4n) is 3.39. The normalized spacial score (nSPS) is 20.6. The summed E-state index contributed by atoms with van der Waals surface area (Å²) in [5, 5.41) is 1.64. The standard InChI is InChI=1S/C18H20Cl2N2O4S/c1-2-26-18(23)13-5-3-4-6-16(13)22-27(24,25)11-7-8-12-14(9-11)17(20)21-10-15(12)19/h7-10,13,16,22H,2-6H2,1H3/t13-,16+/m1/s1.